The molecule has 0 saturated carbocycles. The van der Waals surface area contributed by atoms with Crippen molar-refractivity contribution in [3.63, 3.8) is 0 Å². The van der Waals surface area contributed by atoms with E-state index in [1.807, 2.05) is 35.2 Å². The van der Waals surface area contributed by atoms with Crippen LogP contribution in [-0.2, 0) is 16.1 Å². The molecule has 1 amide bonds. The van der Waals surface area contributed by atoms with Crippen LogP contribution >= 0.6 is 7.26 Å². The highest BCUT2D eigenvalue weighted by atomic mass is 79.9. The summed E-state index contributed by atoms with van der Waals surface area (Å²) in [5.74, 6) is 0.554. The molecule has 0 aliphatic carbocycles. The van der Waals surface area contributed by atoms with E-state index in [-0.39, 0.29) is 28.5 Å². The number of rotatable bonds is 7. The summed E-state index contributed by atoms with van der Waals surface area (Å²) in [6.45, 7) is 6.49. The van der Waals surface area contributed by atoms with E-state index in [0.29, 0.717) is 18.8 Å². The summed E-state index contributed by atoms with van der Waals surface area (Å²) >= 11 is 0. The molecule has 1 atom stereocenters. The first kappa shape index (κ1) is 30.5. The zero-order valence-electron chi connectivity index (χ0n) is 23.6. The van der Waals surface area contributed by atoms with Crippen LogP contribution in [-0.4, -0.2) is 34.8 Å². The summed E-state index contributed by atoms with van der Waals surface area (Å²) in [6, 6.07) is 38.9. The highest BCUT2D eigenvalue weighted by Crippen LogP contribution is 2.62. The molecule has 5 nitrogen and oxygen atoms in total. The third-order valence-electron chi connectivity index (χ3n) is 7.09. The summed E-state index contributed by atoms with van der Waals surface area (Å²) in [7, 11) is -2.32. The quantitative estimate of drug-likeness (QED) is 0.179. The van der Waals surface area contributed by atoms with E-state index in [1.54, 1.807) is 32.9 Å². The van der Waals surface area contributed by atoms with Crippen molar-refractivity contribution in [2.45, 2.75) is 45.0 Å². The van der Waals surface area contributed by atoms with Crippen molar-refractivity contribution < 1.29 is 36.0 Å². The largest absolute Gasteiger partial charge is 1.00 e. The van der Waals surface area contributed by atoms with E-state index in [1.165, 1.54) is 15.9 Å². The van der Waals surface area contributed by atoms with Crippen molar-refractivity contribution in [1.29, 1.82) is 0 Å². The van der Waals surface area contributed by atoms with Crippen LogP contribution in [0.5, 0.6) is 5.75 Å². The lowest BCUT2D eigenvalue weighted by Crippen LogP contribution is -3.00. The molecule has 5 rings (SSSR count). The maximum atomic E-state index is 14.3. The van der Waals surface area contributed by atoms with Crippen molar-refractivity contribution in [3.05, 3.63) is 121 Å². The third kappa shape index (κ3) is 6.72. The molecule has 1 fully saturated rings. The van der Waals surface area contributed by atoms with Crippen LogP contribution in [0, 0.1) is 0 Å². The number of carbonyl (C=O) groups excluding carboxylic acids is 2. The molecule has 41 heavy (non-hydrogen) atoms. The Morgan fingerprint density at radius 2 is 1.32 bits per heavy atom. The summed E-state index contributed by atoms with van der Waals surface area (Å²) in [5.41, 5.74) is 0.0800. The molecule has 4 aromatic rings. The van der Waals surface area contributed by atoms with Gasteiger partial charge >= 0.3 is 6.16 Å². The fourth-order valence-corrected chi connectivity index (χ4v) is 10.4. The van der Waals surface area contributed by atoms with Gasteiger partial charge in [-0.2, -0.15) is 0 Å². The Kier molecular flexibility index (Phi) is 9.68. The molecule has 1 aliphatic heterocycles. The zero-order valence-corrected chi connectivity index (χ0v) is 26.1. The van der Waals surface area contributed by atoms with Crippen LogP contribution in [0.2, 0.25) is 0 Å². The van der Waals surface area contributed by atoms with Crippen molar-refractivity contribution >= 4 is 35.2 Å². The SMILES string of the molecule is CC(C)(C)OC(=O)Oc1cccc(CN2CCC([P+](c3ccccc3)(c3ccccc3)c3ccccc3)C2=O)c1.[Br-]. The number of likely N-dealkylation sites (tertiary alicyclic amines) is 1. The van der Waals surface area contributed by atoms with E-state index in [9.17, 15) is 9.59 Å². The molecule has 0 bridgehead atoms. The first-order valence-corrected chi connectivity index (χ1v) is 15.5. The Bertz CT molecular complexity index is 1360. The van der Waals surface area contributed by atoms with E-state index in [4.69, 9.17) is 9.47 Å². The van der Waals surface area contributed by atoms with Crippen molar-refractivity contribution in [2.75, 3.05) is 6.54 Å². The Hall–Kier alpha value is -3.47. The number of benzene rings is 4. The van der Waals surface area contributed by atoms with Crippen LogP contribution in [0.3, 0.4) is 0 Å². The second-order valence-electron chi connectivity index (χ2n) is 11.0. The third-order valence-corrected chi connectivity index (χ3v) is 11.8. The van der Waals surface area contributed by atoms with Gasteiger partial charge in [0.15, 0.2) is 5.66 Å². The van der Waals surface area contributed by atoms with E-state index in [0.717, 1.165) is 12.0 Å². The van der Waals surface area contributed by atoms with Crippen LogP contribution < -0.4 is 37.6 Å². The van der Waals surface area contributed by atoms with Gasteiger partial charge in [0.1, 0.15) is 34.5 Å². The second kappa shape index (κ2) is 13.0. The number of halogens is 1. The smallest absolute Gasteiger partial charge is 0.514 e. The van der Waals surface area contributed by atoms with Gasteiger partial charge in [-0.1, -0.05) is 66.7 Å². The molecule has 0 aromatic heterocycles. The summed E-state index contributed by atoms with van der Waals surface area (Å²) in [4.78, 5) is 28.5. The standard InChI is InChI=1S/C34H35NO4P.BrH/c1-34(2,3)39-33(37)38-27-15-13-14-26(24-27)25-35-23-22-31(32(35)36)40(28-16-7-4-8-17-28,29-18-9-5-10-19-29)30-20-11-6-12-21-30;/h4-21,24,31H,22-23,25H2,1-3H3;1H/q+1;/p-1. The van der Waals surface area contributed by atoms with Gasteiger partial charge in [0, 0.05) is 19.5 Å². The van der Waals surface area contributed by atoms with E-state index in [2.05, 4.69) is 72.8 Å². The molecule has 212 valence electrons. The number of hydrogen-bond acceptors (Lipinski definition) is 4. The minimum Gasteiger partial charge on any atom is -1.00 e. The lowest BCUT2D eigenvalue weighted by molar-refractivity contribution is -0.127. The Morgan fingerprint density at radius 3 is 1.80 bits per heavy atom. The van der Waals surface area contributed by atoms with Gasteiger partial charge in [0.05, 0.1) is 0 Å². The van der Waals surface area contributed by atoms with Crippen molar-refractivity contribution in [3.8, 4) is 5.75 Å². The molecule has 0 radical (unpaired) electrons. The average Bonchev–Trinajstić information content (AvgIpc) is 3.30. The normalized spacial score (nSPS) is 15.2. The van der Waals surface area contributed by atoms with Gasteiger partial charge in [-0.3, -0.25) is 4.79 Å². The Morgan fingerprint density at radius 1 is 0.805 bits per heavy atom. The number of amides is 1. The molecule has 4 aromatic carbocycles. The minimum absolute atomic E-state index is 0. The molecular weight excluding hydrogens is 597 g/mol. The number of hydrogen-bond donors (Lipinski definition) is 0. The predicted molar refractivity (Wildman–Crippen MR) is 162 cm³/mol. The Balaban J connectivity index is 0.00000387. The maximum absolute atomic E-state index is 14.3. The lowest BCUT2D eigenvalue weighted by atomic mass is 10.2. The first-order chi connectivity index (χ1) is 19.3. The van der Waals surface area contributed by atoms with Crippen LogP contribution in [0.1, 0.15) is 32.8 Å². The van der Waals surface area contributed by atoms with Crippen molar-refractivity contribution in [2.24, 2.45) is 0 Å². The molecule has 0 spiro atoms. The first-order valence-electron chi connectivity index (χ1n) is 13.6. The fraction of sp³-hybridized carbons (Fsp3) is 0.235. The van der Waals surface area contributed by atoms with E-state index < -0.39 is 19.0 Å². The molecule has 7 heteroatoms. The van der Waals surface area contributed by atoms with Crippen LogP contribution in [0.15, 0.2) is 115 Å². The molecule has 1 unspecified atom stereocenters. The molecular formula is C34H35BrNO4P. The van der Waals surface area contributed by atoms with Crippen LogP contribution in [0.25, 0.3) is 0 Å². The summed E-state index contributed by atoms with van der Waals surface area (Å²) in [5, 5.41) is 3.63. The summed E-state index contributed by atoms with van der Waals surface area (Å²) in [6.07, 6.45) is 0.0180. The van der Waals surface area contributed by atoms with Gasteiger partial charge in [0.25, 0.3) is 5.91 Å². The predicted octanol–water partition coefficient (Wildman–Crippen LogP) is 3.10. The fourth-order valence-electron chi connectivity index (χ4n) is 5.51. The van der Waals surface area contributed by atoms with Gasteiger partial charge in [-0.15, -0.1) is 0 Å². The number of nitrogens with zero attached hydrogens (tertiary/aromatic N) is 1. The minimum atomic E-state index is -2.32. The second-order valence-corrected chi connectivity index (χ2v) is 14.6. The zero-order chi connectivity index (χ0) is 28.2. The summed E-state index contributed by atoms with van der Waals surface area (Å²) < 4.78 is 10.7. The highest BCUT2D eigenvalue weighted by Gasteiger charge is 2.58. The van der Waals surface area contributed by atoms with E-state index >= 15 is 0 Å². The number of ether oxygens (including phenoxy) is 2. The highest BCUT2D eigenvalue weighted by molar-refractivity contribution is 7.96. The van der Waals surface area contributed by atoms with Gasteiger partial charge in [0.2, 0.25) is 0 Å². The van der Waals surface area contributed by atoms with Gasteiger partial charge in [-0.05, 0) is 74.9 Å². The molecule has 1 aliphatic rings. The molecule has 1 saturated heterocycles. The van der Waals surface area contributed by atoms with Gasteiger partial charge in [-0.25, -0.2) is 4.79 Å². The average molecular weight is 633 g/mol. The molecule has 0 N–H and O–H groups in total. The number of carbonyl (C=O) groups is 2. The maximum Gasteiger partial charge on any atom is 0.514 e. The van der Waals surface area contributed by atoms with Gasteiger partial charge < -0.3 is 31.4 Å². The lowest BCUT2D eigenvalue weighted by Gasteiger charge is -2.32. The van der Waals surface area contributed by atoms with Crippen LogP contribution in [0.4, 0.5) is 4.79 Å². The van der Waals surface area contributed by atoms with Crippen molar-refractivity contribution in [1.82, 2.24) is 4.90 Å². The molecule has 1 heterocycles. The topological polar surface area (TPSA) is 55.8 Å². The Labute approximate surface area is 253 Å². The monoisotopic (exact) mass is 631 g/mol.